The van der Waals surface area contributed by atoms with Crippen molar-refractivity contribution in [2.45, 2.75) is 89.6 Å². The number of hydrogen-bond acceptors (Lipinski definition) is 7. The van der Waals surface area contributed by atoms with Crippen LogP contribution in [0.1, 0.15) is 77.1 Å². The summed E-state index contributed by atoms with van der Waals surface area (Å²) in [5.74, 6) is 1.73. The van der Waals surface area contributed by atoms with Gasteiger partial charge in [0, 0.05) is 23.2 Å². The van der Waals surface area contributed by atoms with E-state index in [1.165, 1.54) is 7.11 Å². The van der Waals surface area contributed by atoms with Crippen LogP contribution in [-0.2, 0) is 14.3 Å². The van der Waals surface area contributed by atoms with Gasteiger partial charge in [0.25, 0.3) is 0 Å². The summed E-state index contributed by atoms with van der Waals surface area (Å²) in [7, 11) is 1.30. The Morgan fingerprint density at radius 2 is 1.15 bits per heavy atom. The third-order valence-electron chi connectivity index (χ3n) is 12.8. The Balaban J connectivity index is 0.910. The minimum absolute atomic E-state index is 0.105. The molecule has 2 unspecified atom stereocenters. The summed E-state index contributed by atoms with van der Waals surface area (Å²) in [5, 5.41) is 16.7. The van der Waals surface area contributed by atoms with Gasteiger partial charge in [0.1, 0.15) is 23.7 Å². The summed E-state index contributed by atoms with van der Waals surface area (Å²) in [5.41, 5.74) is 5.82. The quantitative estimate of drug-likeness (QED) is 0.0923. The lowest BCUT2D eigenvalue weighted by Gasteiger charge is -2.31. The van der Waals surface area contributed by atoms with Gasteiger partial charge in [-0.3, -0.25) is 9.59 Å². The van der Waals surface area contributed by atoms with Gasteiger partial charge in [-0.25, -0.2) is 19.6 Å². The number of imidazole rings is 2. The molecule has 5 N–H and O–H groups in total. The summed E-state index contributed by atoms with van der Waals surface area (Å²) < 4.78 is 4.81. The number of nitrogens with one attached hydrogen (secondary N) is 4. The van der Waals surface area contributed by atoms with E-state index in [0.29, 0.717) is 11.8 Å². The first-order valence-electron chi connectivity index (χ1n) is 20.6. The fourth-order valence-corrected chi connectivity index (χ4v) is 9.47. The molecule has 4 fully saturated rings. The van der Waals surface area contributed by atoms with E-state index in [9.17, 15) is 24.3 Å². The second-order valence-corrected chi connectivity index (χ2v) is 17.4. The molecule has 0 spiro atoms. The molecule has 2 aliphatic carbocycles. The van der Waals surface area contributed by atoms with Crippen LogP contribution in [-0.4, -0.2) is 90.1 Å². The standard InChI is InChI=1S/C45H50N8O6/c1-22(2)38(50-44(56)57)42(54)52-34-16-30(34)18-36(52)41-47-21-33(49-41)29-12-11-26-13-25(9-10-27(26)15-29)24-7-6-8-28(14-24)32-20-46-40(48-32)37-19-31-17-35(31)53(37)43(55)39(23(3)4)51-45(58)59-5/h6-15,20-23,30-31,34-39,50H,16-19H2,1-5H3,(H,46,48)(H,47,49)(H,51,58)(H,56,57)/t30-,31+,34-,35+,36+,37-,38?,39?/m0/s1. The number of benzene rings is 3. The third kappa shape index (κ3) is 7.18. The largest absolute Gasteiger partial charge is 0.465 e. The topological polar surface area (TPSA) is 186 Å². The SMILES string of the molecule is COC(=O)NC(C(=O)N1[C@@H]2C[C@@H]2C[C@H]1c1ncc(-c2cccc(-c3ccc4cc(-c5cnc([C@H]6C[C@@H]7C[C@@H]7N6C(=O)C(NC(=O)O)C(C)C)[nH]5)ccc4c3)c2)[nH]1)C(C)C. The van der Waals surface area contributed by atoms with Crippen LogP contribution in [0, 0.1) is 23.7 Å². The van der Waals surface area contributed by atoms with Crippen molar-refractivity contribution in [1.29, 1.82) is 0 Å². The molecular weight excluding hydrogens is 749 g/mol. The molecule has 2 saturated heterocycles. The maximum absolute atomic E-state index is 13.9. The normalized spacial score (nSPS) is 23.8. The van der Waals surface area contributed by atoms with Gasteiger partial charge in [-0.15, -0.1) is 0 Å². The Kier molecular flexibility index (Phi) is 9.67. The van der Waals surface area contributed by atoms with Crippen molar-refractivity contribution in [3.63, 3.8) is 0 Å². The Hall–Kier alpha value is -6.18. The fraction of sp³-hybridized carbons (Fsp3) is 0.422. The molecular formula is C45H50N8O6. The Morgan fingerprint density at radius 1 is 0.678 bits per heavy atom. The number of fused-ring (bicyclic) bond motifs is 3. The molecule has 14 heteroatoms. The molecule has 5 aromatic rings. The number of amides is 4. The van der Waals surface area contributed by atoms with Crippen molar-refractivity contribution in [2.75, 3.05) is 7.11 Å². The lowest BCUT2D eigenvalue weighted by molar-refractivity contribution is -0.137. The molecule has 306 valence electrons. The molecule has 0 radical (unpaired) electrons. The monoisotopic (exact) mass is 798 g/mol. The summed E-state index contributed by atoms with van der Waals surface area (Å²) in [4.78, 5) is 71.4. The zero-order valence-corrected chi connectivity index (χ0v) is 33.8. The van der Waals surface area contributed by atoms with E-state index in [4.69, 9.17) is 14.7 Å². The maximum Gasteiger partial charge on any atom is 0.407 e. The second-order valence-electron chi connectivity index (χ2n) is 17.4. The predicted molar refractivity (Wildman–Crippen MR) is 221 cm³/mol. The summed E-state index contributed by atoms with van der Waals surface area (Å²) in [6.07, 6.45) is 5.38. The third-order valence-corrected chi connectivity index (χ3v) is 12.8. The number of alkyl carbamates (subject to hydrolysis) is 1. The van der Waals surface area contributed by atoms with Gasteiger partial charge in [0.15, 0.2) is 0 Å². The van der Waals surface area contributed by atoms with Crippen LogP contribution in [0.25, 0.3) is 44.4 Å². The molecule has 2 saturated carbocycles. The number of rotatable bonds is 11. The summed E-state index contributed by atoms with van der Waals surface area (Å²) >= 11 is 0. The van der Waals surface area contributed by atoms with Crippen LogP contribution in [0.4, 0.5) is 9.59 Å². The first kappa shape index (κ1) is 38.3. The maximum atomic E-state index is 13.9. The number of aromatic nitrogens is 4. The number of methoxy groups -OCH3 is 1. The number of nitrogens with zero attached hydrogens (tertiary/aromatic N) is 4. The van der Waals surface area contributed by atoms with Gasteiger partial charge >= 0.3 is 12.2 Å². The molecule has 3 aromatic carbocycles. The number of H-pyrrole nitrogens is 2. The van der Waals surface area contributed by atoms with E-state index in [0.717, 1.165) is 81.7 Å². The van der Waals surface area contributed by atoms with Gasteiger partial charge in [0.05, 0.1) is 43.0 Å². The summed E-state index contributed by atoms with van der Waals surface area (Å²) in [6, 6.07) is 19.4. The molecule has 2 aromatic heterocycles. The number of carboxylic acid groups (broad SMARTS) is 1. The van der Waals surface area contributed by atoms with E-state index in [-0.39, 0.29) is 47.8 Å². The first-order valence-corrected chi connectivity index (χ1v) is 20.6. The molecule has 9 rings (SSSR count). The van der Waals surface area contributed by atoms with E-state index in [1.807, 2.05) is 56.0 Å². The highest BCUT2D eigenvalue weighted by atomic mass is 16.5. The number of piperidine rings is 2. The van der Waals surface area contributed by atoms with E-state index in [1.54, 1.807) is 0 Å². The molecule has 8 atom stereocenters. The number of carbonyl (C=O) groups excluding carboxylic acids is 3. The highest BCUT2D eigenvalue weighted by Gasteiger charge is 2.57. The summed E-state index contributed by atoms with van der Waals surface area (Å²) in [6.45, 7) is 7.55. The van der Waals surface area contributed by atoms with Crippen molar-refractivity contribution in [3.8, 4) is 33.6 Å². The van der Waals surface area contributed by atoms with Gasteiger partial charge in [-0.1, -0.05) is 70.2 Å². The molecule has 0 bridgehead atoms. The average molecular weight is 799 g/mol. The number of ether oxygens (including phenoxy) is 1. The van der Waals surface area contributed by atoms with Gasteiger partial charge in [0.2, 0.25) is 11.8 Å². The number of likely N-dealkylation sites (tertiary alicyclic amines) is 2. The van der Waals surface area contributed by atoms with Gasteiger partial charge < -0.3 is 40.2 Å². The Labute approximate surface area is 342 Å². The predicted octanol–water partition coefficient (Wildman–Crippen LogP) is 7.28. The van der Waals surface area contributed by atoms with Crippen molar-refractivity contribution in [1.82, 2.24) is 40.4 Å². The van der Waals surface area contributed by atoms with Crippen LogP contribution >= 0.6 is 0 Å². The zero-order chi connectivity index (χ0) is 41.3. The fourth-order valence-electron chi connectivity index (χ4n) is 9.47. The minimum Gasteiger partial charge on any atom is -0.465 e. The zero-order valence-electron chi connectivity index (χ0n) is 33.8. The number of hydrogen-bond donors (Lipinski definition) is 5. The highest BCUT2D eigenvalue weighted by molar-refractivity contribution is 5.91. The number of aromatic amines is 2. The molecule has 4 aliphatic rings. The molecule has 59 heavy (non-hydrogen) atoms. The lowest BCUT2D eigenvalue weighted by Crippen LogP contribution is -2.52. The molecule has 4 heterocycles. The van der Waals surface area contributed by atoms with Crippen molar-refractivity contribution >= 4 is 34.8 Å². The van der Waals surface area contributed by atoms with Crippen LogP contribution < -0.4 is 10.6 Å². The van der Waals surface area contributed by atoms with Crippen LogP contribution in [0.15, 0.2) is 73.1 Å². The average Bonchev–Trinajstić information content (AvgIpc) is 3.81. The van der Waals surface area contributed by atoms with Crippen LogP contribution in [0.5, 0.6) is 0 Å². The molecule has 14 nitrogen and oxygen atoms in total. The van der Waals surface area contributed by atoms with E-state index < -0.39 is 24.3 Å². The van der Waals surface area contributed by atoms with Crippen molar-refractivity contribution < 1.29 is 29.0 Å². The van der Waals surface area contributed by atoms with Crippen LogP contribution in [0.2, 0.25) is 0 Å². The minimum atomic E-state index is -1.20. The van der Waals surface area contributed by atoms with E-state index >= 15 is 0 Å². The Morgan fingerprint density at radius 3 is 1.68 bits per heavy atom. The van der Waals surface area contributed by atoms with Crippen LogP contribution in [0.3, 0.4) is 0 Å². The molecule has 4 amide bonds. The molecule has 2 aliphatic heterocycles. The highest BCUT2D eigenvalue weighted by Crippen LogP contribution is 2.54. The smallest absolute Gasteiger partial charge is 0.407 e. The van der Waals surface area contributed by atoms with Gasteiger partial charge in [-0.2, -0.15) is 0 Å². The lowest BCUT2D eigenvalue weighted by atomic mass is 9.98. The number of carbonyl (C=O) groups is 4. The van der Waals surface area contributed by atoms with Gasteiger partial charge in [-0.05, 0) is 89.5 Å². The second kappa shape index (κ2) is 14.9. The Bertz CT molecular complexity index is 2460. The van der Waals surface area contributed by atoms with E-state index in [2.05, 4.69) is 75.2 Å². The first-order chi connectivity index (χ1) is 28.4. The van der Waals surface area contributed by atoms with Crippen molar-refractivity contribution in [3.05, 3.63) is 84.7 Å². The van der Waals surface area contributed by atoms with Crippen molar-refractivity contribution in [2.24, 2.45) is 23.7 Å².